The number of thiophene rings is 1. The molecule has 3 unspecified atom stereocenters. The predicted octanol–water partition coefficient (Wildman–Crippen LogP) is 6.72. The predicted molar refractivity (Wildman–Crippen MR) is 136 cm³/mol. The lowest BCUT2D eigenvalue weighted by molar-refractivity contribution is -0.173. The molecule has 1 saturated carbocycles. The molecule has 2 amide bonds. The van der Waals surface area contributed by atoms with Crippen LogP contribution in [0.1, 0.15) is 71.3 Å². The number of nitrogens with zero attached hydrogens (tertiary/aromatic N) is 1. The van der Waals surface area contributed by atoms with Crippen molar-refractivity contribution in [1.82, 2.24) is 10.2 Å². The van der Waals surface area contributed by atoms with E-state index in [1.54, 1.807) is 0 Å². The Morgan fingerprint density at radius 3 is 2.73 bits per heavy atom. The average molecular weight is 605 g/mol. The van der Waals surface area contributed by atoms with Gasteiger partial charge in [0.1, 0.15) is 5.82 Å². The number of carbonyl (C=O) groups is 2. The summed E-state index contributed by atoms with van der Waals surface area (Å²) in [6, 6.07) is 4.11. The minimum Gasteiger partial charge on any atom is -0.483 e. The number of nitrogens with one attached hydrogen (secondary N) is 1. The van der Waals surface area contributed by atoms with Crippen LogP contribution < -0.4 is 10.1 Å². The van der Waals surface area contributed by atoms with E-state index in [0.29, 0.717) is 47.1 Å². The van der Waals surface area contributed by atoms with Crippen molar-refractivity contribution >= 4 is 39.1 Å². The highest BCUT2D eigenvalue weighted by molar-refractivity contribution is 9.10. The number of amides is 2. The highest BCUT2D eigenvalue weighted by atomic mass is 79.9. The van der Waals surface area contributed by atoms with Crippen molar-refractivity contribution in [3.05, 3.63) is 50.1 Å². The highest BCUT2D eigenvalue weighted by Crippen LogP contribution is 2.47. The van der Waals surface area contributed by atoms with E-state index in [2.05, 4.69) is 15.9 Å². The zero-order valence-electron chi connectivity index (χ0n) is 20.6. The van der Waals surface area contributed by atoms with Gasteiger partial charge in [0.25, 0.3) is 5.91 Å². The molecule has 0 bridgehead atoms. The molecule has 1 aromatic carbocycles. The molecule has 1 aromatic heterocycles. The molecule has 2 fully saturated rings. The molecule has 2 heterocycles. The van der Waals surface area contributed by atoms with Crippen molar-refractivity contribution in [3.8, 4) is 5.06 Å². The molecule has 1 aliphatic carbocycles. The molecule has 1 aliphatic heterocycles. The van der Waals surface area contributed by atoms with Crippen molar-refractivity contribution in [2.45, 2.75) is 70.6 Å². The summed E-state index contributed by atoms with van der Waals surface area (Å²) in [6.07, 6.45) is -1.05. The van der Waals surface area contributed by atoms with E-state index >= 15 is 0 Å². The molecular formula is C26H29BrF4N2O3S. The van der Waals surface area contributed by atoms with Crippen LogP contribution in [0.5, 0.6) is 5.06 Å². The number of hydrogen-bond donors (Lipinski definition) is 1. The molecule has 0 radical (unpaired) electrons. The Kier molecular flexibility index (Phi) is 8.52. The normalized spacial score (nSPS) is 21.6. The van der Waals surface area contributed by atoms with E-state index in [9.17, 15) is 27.2 Å². The van der Waals surface area contributed by atoms with E-state index in [1.807, 2.05) is 24.1 Å². The minimum atomic E-state index is -4.97. The van der Waals surface area contributed by atoms with Crippen LogP contribution in [0, 0.1) is 18.7 Å². The van der Waals surface area contributed by atoms with E-state index < -0.39 is 17.9 Å². The van der Waals surface area contributed by atoms with Gasteiger partial charge in [0.15, 0.2) is 5.06 Å². The standard InChI is InChI=1S/C26H29BrF4N2O3S/c1-3-9-36-24-21(27)14(2)22(37-24)23(34)33-8-4-5-16-11-17(12-20(16)33)18-10-15(6-7-19(18)28)13-32-25(35)26(29,30)31/h6-7,10,16-17,20H,3-5,8-9,11-13H2,1-2H3,(H,32,35). The van der Waals surface area contributed by atoms with Gasteiger partial charge in [-0.05, 0) is 89.6 Å². The molecule has 3 atom stereocenters. The molecule has 4 rings (SSSR count). The first kappa shape index (κ1) is 27.9. The Morgan fingerprint density at radius 2 is 2.03 bits per heavy atom. The summed E-state index contributed by atoms with van der Waals surface area (Å²) >= 11 is 4.89. The minimum absolute atomic E-state index is 0.0421. The van der Waals surface area contributed by atoms with E-state index in [0.717, 1.165) is 29.3 Å². The third-order valence-electron chi connectivity index (χ3n) is 7.18. The highest BCUT2D eigenvalue weighted by Gasteiger charge is 2.44. The van der Waals surface area contributed by atoms with Crippen LogP contribution in [0.25, 0.3) is 0 Å². The van der Waals surface area contributed by atoms with E-state index in [4.69, 9.17) is 4.74 Å². The molecular weight excluding hydrogens is 576 g/mol. The van der Waals surface area contributed by atoms with Crippen molar-refractivity contribution < 1.29 is 31.9 Å². The van der Waals surface area contributed by atoms with Gasteiger partial charge < -0.3 is 15.0 Å². The largest absolute Gasteiger partial charge is 0.483 e. The van der Waals surface area contributed by atoms with Crippen LogP contribution in [0.15, 0.2) is 22.7 Å². The van der Waals surface area contributed by atoms with Crippen LogP contribution in [0.2, 0.25) is 0 Å². The summed E-state index contributed by atoms with van der Waals surface area (Å²) in [6.45, 7) is 4.75. The maximum atomic E-state index is 14.8. The summed E-state index contributed by atoms with van der Waals surface area (Å²) in [5, 5.41) is 2.53. The maximum Gasteiger partial charge on any atom is 0.471 e. The summed E-state index contributed by atoms with van der Waals surface area (Å²) < 4.78 is 59.0. The van der Waals surface area contributed by atoms with Crippen LogP contribution >= 0.6 is 27.3 Å². The van der Waals surface area contributed by atoms with Gasteiger partial charge in [-0.15, -0.1) is 0 Å². The van der Waals surface area contributed by atoms with Crippen LogP contribution in [0.4, 0.5) is 17.6 Å². The summed E-state index contributed by atoms with van der Waals surface area (Å²) in [4.78, 5) is 27.4. The zero-order chi connectivity index (χ0) is 26.9. The lowest BCUT2D eigenvalue weighted by Crippen LogP contribution is -2.46. The van der Waals surface area contributed by atoms with Crippen molar-refractivity contribution in [1.29, 1.82) is 0 Å². The van der Waals surface area contributed by atoms with Crippen molar-refractivity contribution in [2.24, 2.45) is 5.92 Å². The number of fused-ring (bicyclic) bond motifs is 1. The number of rotatable bonds is 7. The third-order valence-corrected chi connectivity index (χ3v) is 9.59. The molecule has 1 saturated heterocycles. The van der Waals surface area contributed by atoms with Gasteiger partial charge in [0.05, 0.1) is 16.0 Å². The first-order chi connectivity index (χ1) is 17.5. The number of ether oxygens (including phenoxy) is 1. The fourth-order valence-corrected chi connectivity index (χ4v) is 7.09. The number of likely N-dealkylation sites (tertiary alicyclic amines) is 1. The van der Waals surface area contributed by atoms with E-state index in [-0.39, 0.29) is 30.3 Å². The number of halogens is 5. The molecule has 5 nitrogen and oxygen atoms in total. The Balaban J connectivity index is 1.51. The van der Waals surface area contributed by atoms with Gasteiger partial charge in [-0.3, -0.25) is 9.59 Å². The summed E-state index contributed by atoms with van der Waals surface area (Å²) in [5.74, 6) is -2.45. The summed E-state index contributed by atoms with van der Waals surface area (Å²) in [7, 11) is 0. The second-order valence-electron chi connectivity index (χ2n) is 9.68. The zero-order valence-corrected chi connectivity index (χ0v) is 23.0. The topological polar surface area (TPSA) is 58.6 Å². The van der Waals surface area contributed by atoms with Gasteiger partial charge in [0, 0.05) is 19.1 Å². The quantitative estimate of drug-likeness (QED) is 0.357. The van der Waals surface area contributed by atoms with E-state index in [1.165, 1.54) is 29.5 Å². The molecule has 202 valence electrons. The Labute approximate surface area is 225 Å². The van der Waals surface area contributed by atoms with Crippen molar-refractivity contribution in [3.63, 3.8) is 0 Å². The smallest absolute Gasteiger partial charge is 0.471 e. The van der Waals surface area contributed by atoms with Gasteiger partial charge in [-0.1, -0.05) is 30.4 Å². The summed E-state index contributed by atoms with van der Waals surface area (Å²) in [5.41, 5.74) is 1.67. The number of benzene rings is 1. The van der Waals surface area contributed by atoms with Crippen molar-refractivity contribution in [2.75, 3.05) is 13.2 Å². The van der Waals surface area contributed by atoms with Gasteiger partial charge in [0.2, 0.25) is 0 Å². The number of carbonyl (C=O) groups excluding carboxylic acids is 2. The maximum absolute atomic E-state index is 14.8. The second-order valence-corrected chi connectivity index (χ2v) is 11.5. The SMILES string of the molecule is CCCOc1sc(C(=O)N2CCCC3CC(c4cc(CNC(=O)C(F)(F)F)ccc4F)CC32)c(C)c1Br. The third kappa shape index (κ3) is 5.97. The molecule has 0 spiro atoms. The Morgan fingerprint density at radius 1 is 1.27 bits per heavy atom. The Hall–Kier alpha value is -2.14. The van der Waals surface area contributed by atoms with Gasteiger partial charge in [-0.25, -0.2) is 4.39 Å². The van der Waals surface area contributed by atoms with Crippen LogP contribution in [0.3, 0.4) is 0 Å². The molecule has 1 N–H and O–H groups in total. The average Bonchev–Trinajstić information content (AvgIpc) is 3.42. The lowest BCUT2D eigenvalue weighted by Gasteiger charge is -2.37. The number of hydrogen-bond acceptors (Lipinski definition) is 4. The van der Waals surface area contributed by atoms with Gasteiger partial charge >= 0.3 is 12.1 Å². The fourth-order valence-electron chi connectivity index (χ4n) is 5.38. The molecule has 2 aliphatic rings. The fraction of sp³-hybridized carbons (Fsp3) is 0.538. The monoisotopic (exact) mass is 604 g/mol. The van der Waals surface area contributed by atoms with Gasteiger partial charge in [-0.2, -0.15) is 13.2 Å². The molecule has 37 heavy (non-hydrogen) atoms. The Bertz CT molecular complexity index is 1170. The molecule has 11 heteroatoms. The molecule has 2 aromatic rings. The number of piperidine rings is 1. The first-order valence-electron chi connectivity index (χ1n) is 12.4. The van der Waals surface area contributed by atoms with Crippen LogP contribution in [-0.4, -0.2) is 42.1 Å². The van der Waals surface area contributed by atoms with Crippen LogP contribution in [-0.2, 0) is 11.3 Å². The lowest BCUT2D eigenvalue weighted by atomic mass is 9.91. The second kappa shape index (κ2) is 11.3. The first-order valence-corrected chi connectivity index (χ1v) is 14.0. The number of alkyl halides is 3.